The molecule has 2 aromatic carbocycles. The van der Waals surface area contributed by atoms with Gasteiger partial charge >= 0.3 is 0 Å². The predicted octanol–water partition coefficient (Wildman–Crippen LogP) is 4.14. The molecule has 0 fully saturated rings. The minimum atomic E-state index is -0.317. The van der Waals surface area contributed by atoms with Crippen molar-refractivity contribution < 1.29 is 4.79 Å². The molecule has 1 amide bonds. The average molecular weight is 295 g/mol. The summed E-state index contributed by atoms with van der Waals surface area (Å²) in [7, 11) is 0. The second-order valence-corrected chi connectivity index (χ2v) is 4.86. The molecule has 0 unspecified atom stereocenters. The Hall–Kier alpha value is -1.71. The largest absolute Gasteiger partial charge is 0.398 e. The normalized spacial score (nSPS) is 10.3. The first-order valence-electron chi connectivity index (χ1n) is 5.61. The molecule has 0 atom stereocenters. The monoisotopic (exact) mass is 294 g/mol. The molecule has 5 heteroatoms. The summed E-state index contributed by atoms with van der Waals surface area (Å²) in [6.45, 7) is 1.83. The highest BCUT2D eigenvalue weighted by Crippen LogP contribution is 2.26. The van der Waals surface area contributed by atoms with Crippen LogP contribution in [-0.2, 0) is 0 Å². The van der Waals surface area contributed by atoms with Crippen LogP contribution in [0.2, 0.25) is 10.0 Å². The van der Waals surface area contributed by atoms with Crippen molar-refractivity contribution in [2.24, 2.45) is 0 Å². The molecule has 0 saturated heterocycles. The molecule has 0 aliphatic heterocycles. The minimum absolute atomic E-state index is 0.250. The molecule has 0 heterocycles. The lowest BCUT2D eigenvalue weighted by atomic mass is 10.1. The maximum absolute atomic E-state index is 12.2. The number of anilines is 2. The second-order valence-electron chi connectivity index (χ2n) is 4.08. The Morgan fingerprint density at radius 2 is 1.84 bits per heavy atom. The average Bonchev–Trinajstić information content (AvgIpc) is 2.38. The van der Waals surface area contributed by atoms with Gasteiger partial charge in [0, 0.05) is 10.7 Å². The molecule has 0 saturated carbocycles. The van der Waals surface area contributed by atoms with Crippen molar-refractivity contribution in [3.05, 3.63) is 57.6 Å². The van der Waals surface area contributed by atoms with E-state index in [4.69, 9.17) is 28.9 Å². The van der Waals surface area contributed by atoms with E-state index in [-0.39, 0.29) is 10.9 Å². The zero-order valence-corrected chi connectivity index (χ0v) is 11.7. The summed E-state index contributed by atoms with van der Waals surface area (Å²) in [5.74, 6) is -0.317. The lowest BCUT2D eigenvalue weighted by Gasteiger charge is -2.11. The summed E-state index contributed by atoms with van der Waals surface area (Å²) in [5.41, 5.74) is 7.83. The Labute approximate surface area is 121 Å². The Balaban J connectivity index is 2.31. The van der Waals surface area contributed by atoms with E-state index in [9.17, 15) is 4.79 Å². The van der Waals surface area contributed by atoms with E-state index >= 15 is 0 Å². The van der Waals surface area contributed by atoms with Crippen LogP contribution in [0.5, 0.6) is 0 Å². The summed E-state index contributed by atoms with van der Waals surface area (Å²) in [4.78, 5) is 12.2. The summed E-state index contributed by atoms with van der Waals surface area (Å²) in [5, 5.41) is 3.62. The van der Waals surface area contributed by atoms with Crippen molar-refractivity contribution in [3.63, 3.8) is 0 Å². The van der Waals surface area contributed by atoms with Crippen LogP contribution in [0.4, 0.5) is 11.4 Å². The number of nitrogens with one attached hydrogen (secondary N) is 1. The third-order valence-corrected chi connectivity index (χ3v) is 3.62. The van der Waals surface area contributed by atoms with Crippen molar-refractivity contribution in [2.75, 3.05) is 11.1 Å². The van der Waals surface area contributed by atoms with Crippen LogP contribution in [-0.4, -0.2) is 5.91 Å². The van der Waals surface area contributed by atoms with Crippen molar-refractivity contribution in [3.8, 4) is 0 Å². The fourth-order valence-corrected chi connectivity index (χ4v) is 2.04. The van der Waals surface area contributed by atoms with Gasteiger partial charge in [0.25, 0.3) is 5.91 Å². The molecule has 0 aromatic heterocycles. The van der Waals surface area contributed by atoms with Crippen molar-refractivity contribution in [2.45, 2.75) is 6.92 Å². The summed E-state index contributed by atoms with van der Waals surface area (Å²) in [6, 6.07) is 10.3. The molecule has 98 valence electrons. The van der Waals surface area contributed by atoms with E-state index in [0.29, 0.717) is 22.0 Å². The van der Waals surface area contributed by atoms with Crippen LogP contribution in [0, 0.1) is 6.92 Å². The second kappa shape index (κ2) is 5.51. The van der Waals surface area contributed by atoms with Crippen molar-refractivity contribution in [1.29, 1.82) is 0 Å². The van der Waals surface area contributed by atoms with Crippen molar-refractivity contribution >= 4 is 40.5 Å². The van der Waals surface area contributed by atoms with E-state index in [1.54, 1.807) is 36.4 Å². The Morgan fingerprint density at radius 3 is 2.58 bits per heavy atom. The van der Waals surface area contributed by atoms with Gasteiger partial charge in [-0.2, -0.15) is 0 Å². The van der Waals surface area contributed by atoms with Crippen LogP contribution >= 0.6 is 23.2 Å². The number of benzene rings is 2. The van der Waals surface area contributed by atoms with Crippen molar-refractivity contribution in [1.82, 2.24) is 0 Å². The smallest absolute Gasteiger partial charge is 0.257 e. The molecule has 3 N–H and O–H groups in total. The van der Waals surface area contributed by atoms with Gasteiger partial charge in [-0.25, -0.2) is 0 Å². The summed E-state index contributed by atoms with van der Waals surface area (Å²) < 4.78 is 0. The molecule has 0 radical (unpaired) electrons. The minimum Gasteiger partial charge on any atom is -0.398 e. The number of carbonyl (C=O) groups excluding carboxylic acids is 1. The first-order chi connectivity index (χ1) is 9.00. The molecule has 0 spiro atoms. The number of hydrogen-bond acceptors (Lipinski definition) is 2. The van der Waals surface area contributed by atoms with E-state index < -0.39 is 0 Å². The molecule has 2 aromatic rings. The number of carbonyl (C=O) groups is 1. The van der Waals surface area contributed by atoms with Gasteiger partial charge < -0.3 is 11.1 Å². The van der Waals surface area contributed by atoms with Gasteiger partial charge in [-0.3, -0.25) is 4.79 Å². The van der Waals surface area contributed by atoms with Gasteiger partial charge in [0.05, 0.1) is 16.3 Å². The molecular formula is C14H12Cl2N2O. The lowest BCUT2D eigenvalue weighted by Crippen LogP contribution is -2.13. The van der Waals surface area contributed by atoms with E-state index in [0.717, 1.165) is 5.56 Å². The highest BCUT2D eigenvalue weighted by molar-refractivity contribution is 6.37. The maximum Gasteiger partial charge on any atom is 0.257 e. The van der Waals surface area contributed by atoms with Gasteiger partial charge in [0.1, 0.15) is 0 Å². The molecule has 0 bridgehead atoms. The first-order valence-corrected chi connectivity index (χ1v) is 6.36. The van der Waals surface area contributed by atoms with Gasteiger partial charge in [0.15, 0.2) is 0 Å². The Morgan fingerprint density at radius 1 is 1.16 bits per heavy atom. The third-order valence-electron chi connectivity index (χ3n) is 2.79. The number of amides is 1. The molecular weight excluding hydrogens is 283 g/mol. The van der Waals surface area contributed by atoms with E-state index in [1.807, 2.05) is 6.92 Å². The number of halogens is 2. The SMILES string of the molecule is Cc1c(Cl)cccc1NC(=O)c1cccc(N)c1Cl. The number of hydrogen-bond donors (Lipinski definition) is 2. The third kappa shape index (κ3) is 2.83. The zero-order chi connectivity index (χ0) is 14.0. The van der Waals surface area contributed by atoms with Crippen LogP contribution in [0.1, 0.15) is 15.9 Å². The van der Waals surface area contributed by atoms with Crippen LogP contribution in [0.15, 0.2) is 36.4 Å². The number of nitrogen functional groups attached to an aromatic ring is 1. The van der Waals surface area contributed by atoms with Gasteiger partial charge in [-0.05, 0) is 36.8 Å². The highest BCUT2D eigenvalue weighted by atomic mass is 35.5. The predicted molar refractivity (Wildman–Crippen MR) is 80.0 cm³/mol. The Kier molecular flexibility index (Phi) is 3.98. The van der Waals surface area contributed by atoms with E-state index in [1.165, 1.54) is 0 Å². The molecule has 19 heavy (non-hydrogen) atoms. The van der Waals surface area contributed by atoms with Crippen LogP contribution in [0.25, 0.3) is 0 Å². The topological polar surface area (TPSA) is 55.1 Å². The quantitative estimate of drug-likeness (QED) is 0.818. The zero-order valence-electron chi connectivity index (χ0n) is 10.2. The van der Waals surface area contributed by atoms with Crippen LogP contribution in [0.3, 0.4) is 0 Å². The van der Waals surface area contributed by atoms with E-state index in [2.05, 4.69) is 5.32 Å². The van der Waals surface area contributed by atoms with Crippen LogP contribution < -0.4 is 11.1 Å². The Bertz CT molecular complexity index is 641. The summed E-state index contributed by atoms with van der Waals surface area (Å²) >= 11 is 12.0. The highest BCUT2D eigenvalue weighted by Gasteiger charge is 2.13. The van der Waals surface area contributed by atoms with Gasteiger partial charge in [-0.1, -0.05) is 35.3 Å². The fraction of sp³-hybridized carbons (Fsp3) is 0.0714. The molecule has 2 rings (SSSR count). The lowest BCUT2D eigenvalue weighted by molar-refractivity contribution is 0.102. The van der Waals surface area contributed by atoms with Gasteiger partial charge in [-0.15, -0.1) is 0 Å². The van der Waals surface area contributed by atoms with Gasteiger partial charge in [0.2, 0.25) is 0 Å². The number of nitrogens with two attached hydrogens (primary N) is 1. The molecule has 0 aliphatic rings. The molecule has 3 nitrogen and oxygen atoms in total. The molecule has 0 aliphatic carbocycles. The fourth-order valence-electron chi connectivity index (χ4n) is 1.66. The maximum atomic E-state index is 12.2. The standard InChI is InChI=1S/C14H12Cl2N2O/c1-8-10(15)5-3-7-12(8)18-14(19)9-4-2-6-11(17)13(9)16/h2-7H,17H2,1H3,(H,18,19). The summed E-state index contributed by atoms with van der Waals surface area (Å²) in [6.07, 6.45) is 0. The first kappa shape index (κ1) is 13.7. The number of rotatable bonds is 2.